The molecule has 132 valence electrons. The molecule has 4 rings (SSSR count). The normalized spacial score (nSPS) is 10.4. The van der Waals surface area contributed by atoms with Gasteiger partial charge in [0.2, 0.25) is 0 Å². The number of hydrogen-bond donors (Lipinski definition) is 1. The van der Waals surface area contributed by atoms with Crippen molar-refractivity contribution in [2.75, 3.05) is 5.32 Å². The lowest BCUT2D eigenvalue weighted by molar-refractivity contribution is 0.103. The van der Waals surface area contributed by atoms with Crippen molar-refractivity contribution < 1.29 is 9.53 Å². The highest BCUT2D eigenvalue weighted by atomic mass is 32.1. The third kappa shape index (κ3) is 4.19. The standard InChI is InChI=1S/C21H15N3O2S/c25-20(19-14-23-21(27-19)15-4-2-1-3-5-15)24-16-6-8-17(9-7-16)26-18-10-12-22-13-11-18/h1-14H,(H,24,25). The van der Waals surface area contributed by atoms with E-state index in [1.54, 1.807) is 55.0 Å². The van der Waals surface area contributed by atoms with Gasteiger partial charge in [-0.3, -0.25) is 9.78 Å². The zero-order valence-electron chi connectivity index (χ0n) is 14.2. The number of ether oxygens (including phenoxy) is 1. The van der Waals surface area contributed by atoms with Crippen molar-refractivity contribution in [3.63, 3.8) is 0 Å². The van der Waals surface area contributed by atoms with E-state index in [9.17, 15) is 4.79 Å². The molecule has 0 spiro atoms. The van der Waals surface area contributed by atoms with Crippen LogP contribution in [0.15, 0.2) is 85.3 Å². The summed E-state index contributed by atoms with van der Waals surface area (Å²) in [4.78, 5) is 21.3. The van der Waals surface area contributed by atoms with Gasteiger partial charge in [0.15, 0.2) is 0 Å². The number of nitrogens with one attached hydrogen (secondary N) is 1. The van der Waals surface area contributed by atoms with E-state index in [0.29, 0.717) is 22.1 Å². The van der Waals surface area contributed by atoms with Crippen LogP contribution in [0.2, 0.25) is 0 Å². The SMILES string of the molecule is O=C(Nc1ccc(Oc2ccncc2)cc1)c1cnc(-c2ccccc2)s1. The number of hydrogen-bond acceptors (Lipinski definition) is 5. The first-order valence-corrected chi connectivity index (χ1v) is 9.10. The van der Waals surface area contributed by atoms with Gasteiger partial charge in [-0.1, -0.05) is 30.3 Å². The average molecular weight is 373 g/mol. The third-order valence-corrected chi connectivity index (χ3v) is 4.79. The highest BCUT2D eigenvalue weighted by Gasteiger charge is 2.12. The molecular formula is C21H15N3O2S. The van der Waals surface area contributed by atoms with Crippen LogP contribution in [-0.2, 0) is 0 Å². The second-order valence-electron chi connectivity index (χ2n) is 5.66. The molecule has 6 heteroatoms. The number of anilines is 1. The molecule has 0 aliphatic rings. The van der Waals surface area contributed by atoms with Crippen LogP contribution in [-0.4, -0.2) is 15.9 Å². The lowest BCUT2D eigenvalue weighted by atomic mass is 10.2. The fourth-order valence-corrected chi connectivity index (χ4v) is 3.25. The van der Waals surface area contributed by atoms with Crippen LogP contribution in [0.1, 0.15) is 9.67 Å². The van der Waals surface area contributed by atoms with Crippen LogP contribution in [0.5, 0.6) is 11.5 Å². The summed E-state index contributed by atoms with van der Waals surface area (Å²) in [6, 6.07) is 20.6. The van der Waals surface area contributed by atoms with E-state index in [1.165, 1.54) is 11.3 Å². The smallest absolute Gasteiger partial charge is 0.267 e. The van der Waals surface area contributed by atoms with Crippen molar-refractivity contribution in [3.05, 3.63) is 90.2 Å². The maximum absolute atomic E-state index is 12.5. The monoisotopic (exact) mass is 373 g/mol. The number of amides is 1. The van der Waals surface area contributed by atoms with E-state index in [0.717, 1.165) is 10.6 Å². The summed E-state index contributed by atoms with van der Waals surface area (Å²) in [5.74, 6) is 1.21. The second kappa shape index (κ2) is 7.80. The average Bonchev–Trinajstić information content (AvgIpc) is 3.21. The van der Waals surface area contributed by atoms with E-state index >= 15 is 0 Å². The number of aromatic nitrogens is 2. The van der Waals surface area contributed by atoms with Gasteiger partial charge in [0, 0.05) is 23.6 Å². The maximum atomic E-state index is 12.5. The predicted molar refractivity (Wildman–Crippen MR) is 106 cm³/mol. The van der Waals surface area contributed by atoms with Crippen LogP contribution in [0.4, 0.5) is 5.69 Å². The molecule has 2 aromatic carbocycles. The quantitative estimate of drug-likeness (QED) is 0.519. The van der Waals surface area contributed by atoms with Gasteiger partial charge in [-0.15, -0.1) is 11.3 Å². The molecule has 0 radical (unpaired) electrons. The molecule has 1 N–H and O–H groups in total. The topological polar surface area (TPSA) is 64.1 Å². The van der Waals surface area contributed by atoms with Gasteiger partial charge in [0.1, 0.15) is 21.4 Å². The fourth-order valence-electron chi connectivity index (χ4n) is 2.43. The van der Waals surface area contributed by atoms with E-state index in [2.05, 4.69) is 15.3 Å². The van der Waals surface area contributed by atoms with Gasteiger partial charge in [-0.05, 0) is 36.4 Å². The Morgan fingerprint density at radius 3 is 2.33 bits per heavy atom. The first-order chi connectivity index (χ1) is 13.3. The Kier molecular flexibility index (Phi) is 4.89. The Morgan fingerprint density at radius 2 is 1.59 bits per heavy atom. The molecule has 27 heavy (non-hydrogen) atoms. The molecule has 0 atom stereocenters. The molecule has 5 nitrogen and oxygen atoms in total. The van der Waals surface area contributed by atoms with Crippen molar-refractivity contribution in [1.29, 1.82) is 0 Å². The summed E-state index contributed by atoms with van der Waals surface area (Å²) in [7, 11) is 0. The summed E-state index contributed by atoms with van der Waals surface area (Å²) in [6.45, 7) is 0. The van der Waals surface area contributed by atoms with E-state index in [1.807, 2.05) is 30.3 Å². The zero-order valence-corrected chi connectivity index (χ0v) is 15.0. The number of carbonyl (C=O) groups excluding carboxylic acids is 1. The van der Waals surface area contributed by atoms with Crippen LogP contribution in [0, 0.1) is 0 Å². The largest absolute Gasteiger partial charge is 0.457 e. The molecule has 0 bridgehead atoms. The van der Waals surface area contributed by atoms with Crippen molar-refractivity contribution in [1.82, 2.24) is 9.97 Å². The highest BCUT2D eigenvalue weighted by molar-refractivity contribution is 7.17. The Morgan fingerprint density at radius 1 is 0.889 bits per heavy atom. The number of nitrogens with zero attached hydrogens (tertiary/aromatic N) is 2. The Hall–Kier alpha value is -3.51. The molecule has 0 unspecified atom stereocenters. The second-order valence-corrected chi connectivity index (χ2v) is 6.69. The van der Waals surface area contributed by atoms with Crippen molar-refractivity contribution in [2.45, 2.75) is 0 Å². The summed E-state index contributed by atoms with van der Waals surface area (Å²) in [5, 5.41) is 3.70. The van der Waals surface area contributed by atoms with Crippen LogP contribution < -0.4 is 10.1 Å². The first-order valence-electron chi connectivity index (χ1n) is 8.28. The number of thiazole rings is 1. The Bertz CT molecular complexity index is 1030. The van der Waals surface area contributed by atoms with Crippen LogP contribution in [0.3, 0.4) is 0 Å². The van der Waals surface area contributed by atoms with E-state index < -0.39 is 0 Å². The van der Waals surface area contributed by atoms with E-state index in [4.69, 9.17) is 4.74 Å². The molecule has 0 saturated heterocycles. The minimum atomic E-state index is -0.183. The summed E-state index contributed by atoms with van der Waals surface area (Å²) >= 11 is 1.36. The molecule has 0 saturated carbocycles. The molecule has 2 heterocycles. The molecule has 0 aliphatic carbocycles. The minimum Gasteiger partial charge on any atom is -0.457 e. The third-order valence-electron chi connectivity index (χ3n) is 3.75. The molecule has 0 aliphatic heterocycles. The number of rotatable bonds is 5. The van der Waals surface area contributed by atoms with Gasteiger partial charge in [0.05, 0.1) is 6.20 Å². The maximum Gasteiger partial charge on any atom is 0.267 e. The van der Waals surface area contributed by atoms with Gasteiger partial charge in [0.25, 0.3) is 5.91 Å². The van der Waals surface area contributed by atoms with Crippen molar-refractivity contribution in [2.24, 2.45) is 0 Å². The molecule has 0 fully saturated rings. The van der Waals surface area contributed by atoms with Crippen LogP contribution >= 0.6 is 11.3 Å². The number of carbonyl (C=O) groups is 1. The first kappa shape index (κ1) is 16.9. The van der Waals surface area contributed by atoms with Gasteiger partial charge in [-0.2, -0.15) is 0 Å². The Balaban J connectivity index is 1.42. The van der Waals surface area contributed by atoms with Gasteiger partial charge in [-0.25, -0.2) is 4.98 Å². The fraction of sp³-hybridized carbons (Fsp3) is 0. The lowest BCUT2D eigenvalue weighted by Gasteiger charge is -2.07. The van der Waals surface area contributed by atoms with Crippen molar-refractivity contribution >= 4 is 22.9 Å². The molecular weight excluding hydrogens is 358 g/mol. The number of pyridine rings is 1. The summed E-state index contributed by atoms with van der Waals surface area (Å²) < 4.78 is 5.71. The molecule has 1 amide bonds. The number of benzene rings is 2. The summed E-state index contributed by atoms with van der Waals surface area (Å²) in [6.07, 6.45) is 4.94. The van der Waals surface area contributed by atoms with Crippen molar-refractivity contribution in [3.8, 4) is 22.1 Å². The lowest BCUT2D eigenvalue weighted by Crippen LogP contribution is -2.09. The van der Waals surface area contributed by atoms with Gasteiger partial charge >= 0.3 is 0 Å². The van der Waals surface area contributed by atoms with Crippen LogP contribution in [0.25, 0.3) is 10.6 Å². The molecule has 4 aromatic rings. The summed E-state index contributed by atoms with van der Waals surface area (Å²) in [5.41, 5.74) is 1.69. The highest BCUT2D eigenvalue weighted by Crippen LogP contribution is 2.26. The minimum absolute atomic E-state index is 0.183. The molecule has 2 aromatic heterocycles. The Labute approximate surface area is 160 Å². The zero-order chi connectivity index (χ0) is 18.5. The predicted octanol–water partition coefficient (Wildman–Crippen LogP) is 5.25. The van der Waals surface area contributed by atoms with Gasteiger partial charge < -0.3 is 10.1 Å². The van der Waals surface area contributed by atoms with E-state index in [-0.39, 0.29) is 5.91 Å².